The maximum atomic E-state index is 3.01. The average Bonchev–Trinajstić information content (AvgIpc) is 1.75. The van der Waals surface area contributed by atoms with Crippen LogP contribution in [-0.2, 0) is 0 Å². The summed E-state index contributed by atoms with van der Waals surface area (Å²) in [5.74, 6) is 0. The SMILES string of the molecule is CC1=[C]C1. The molecule has 0 bridgehead atoms. The van der Waals surface area contributed by atoms with Gasteiger partial charge in [-0.1, -0.05) is 5.57 Å². The van der Waals surface area contributed by atoms with Crippen molar-refractivity contribution in [2.75, 3.05) is 0 Å². The predicted octanol–water partition coefficient (Wildman–Crippen LogP) is 1.14. The number of allylic oxidation sites excluding steroid dienone is 2. The van der Waals surface area contributed by atoms with Crippen molar-refractivity contribution in [2.45, 2.75) is 13.3 Å². The highest BCUT2D eigenvalue weighted by Crippen LogP contribution is 2.12. The standard InChI is InChI=1S/C4H5/c1-4-2-3-4/h2H2,1H3. The van der Waals surface area contributed by atoms with Gasteiger partial charge in [-0.15, -0.1) is 0 Å². The van der Waals surface area contributed by atoms with Gasteiger partial charge in [0, 0.05) is 0 Å². The van der Waals surface area contributed by atoms with Crippen LogP contribution in [0.25, 0.3) is 0 Å². The lowest BCUT2D eigenvalue weighted by Crippen LogP contribution is -1.26. The Morgan fingerprint density at radius 2 is 2.25 bits per heavy atom. The van der Waals surface area contributed by atoms with E-state index in [4.69, 9.17) is 0 Å². The summed E-state index contributed by atoms with van der Waals surface area (Å²) in [6.07, 6.45) is 4.17. The van der Waals surface area contributed by atoms with Gasteiger partial charge in [-0.05, 0) is 19.4 Å². The van der Waals surface area contributed by atoms with Crippen molar-refractivity contribution in [3.05, 3.63) is 11.6 Å². The molecule has 0 saturated heterocycles. The number of hydrogen-bond donors (Lipinski definition) is 0. The quantitative estimate of drug-likeness (QED) is 0.388. The minimum atomic E-state index is 1.15. The molecule has 0 aromatic carbocycles. The van der Waals surface area contributed by atoms with Gasteiger partial charge in [-0.2, -0.15) is 0 Å². The molecule has 0 unspecified atom stereocenters. The first kappa shape index (κ1) is 2.01. The van der Waals surface area contributed by atoms with E-state index in [2.05, 4.69) is 13.0 Å². The van der Waals surface area contributed by atoms with Gasteiger partial charge < -0.3 is 0 Å². The molecule has 0 spiro atoms. The Morgan fingerprint density at radius 3 is 2.25 bits per heavy atom. The van der Waals surface area contributed by atoms with E-state index in [1.807, 2.05) is 0 Å². The zero-order valence-electron chi connectivity index (χ0n) is 2.71. The predicted molar refractivity (Wildman–Crippen MR) is 17.0 cm³/mol. The summed E-state index contributed by atoms with van der Waals surface area (Å²) < 4.78 is 0. The Hall–Kier alpha value is -0.260. The highest BCUT2D eigenvalue weighted by atomic mass is 14.0. The van der Waals surface area contributed by atoms with Gasteiger partial charge in [-0.3, -0.25) is 0 Å². The third kappa shape index (κ3) is 0.127. The zero-order chi connectivity index (χ0) is 2.99. The third-order valence-corrected chi connectivity index (χ3v) is 0.530. The molecule has 1 aliphatic rings. The molecule has 0 amide bonds. The molecule has 0 saturated carbocycles. The summed E-state index contributed by atoms with van der Waals surface area (Å²) >= 11 is 0. The Labute approximate surface area is 26.1 Å². The largest absolute Gasteiger partial charge is 0.0651 e. The topological polar surface area (TPSA) is 0 Å². The minimum Gasteiger partial charge on any atom is -0.0651 e. The van der Waals surface area contributed by atoms with Crippen LogP contribution in [0.15, 0.2) is 5.57 Å². The van der Waals surface area contributed by atoms with Crippen LogP contribution in [0.3, 0.4) is 0 Å². The fourth-order valence-electron chi connectivity index (χ4n) is 0.0884. The van der Waals surface area contributed by atoms with Crippen molar-refractivity contribution < 1.29 is 0 Å². The molecule has 1 rings (SSSR count). The summed E-state index contributed by atoms with van der Waals surface area (Å²) in [4.78, 5) is 0. The summed E-state index contributed by atoms with van der Waals surface area (Å²) in [5, 5.41) is 0. The van der Waals surface area contributed by atoms with Crippen molar-refractivity contribution in [1.82, 2.24) is 0 Å². The molecule has 21 valence electrons. The minimum absolute atomic E-state index is 1.15. The lowest BCUT2D eigenvalue weighted by Gasteiger charge is -1.46. The molecule has 0 aromatic rings. The van der Waals surface area contributed by atoms with Gasteiger partial charge in [0.1, 0.15) is 0 Å². The molecule has 4 heavy (non-hydrogen) atoms. The fraction of sp³-hybridized carbons (Fsp3) is 0.500. The zero-order valence-corrected chi connectivity index (χ0v) is 2.71. The van der Waals surface area contributed by atoms with E-state index in [1.54, 1.807) is 0 Å². The maximum Gasteiger partial charge on any atom is -0.00614 e. The first-order valence-electron chi connectivity index (χ1n) is 1.46. The molecule has 0 aromatic heterocycles. The Morgan fingerprint density at radius 1 is 2.00 bits per heavy atom. The van der Waals surface area contributed by atoms with Crippen LogP contribution in [-0.4, -0.2) is 0 Å². The smallest absolute Gasteiger partial charge is 0.00614 e. The van der Waals surface area contributed by atoms with Crippen molar-refractivity contribution in [3.63, 3.8) is 0 Å². The molecule has 0 atom stereocenters. The first-order valence-corrected chi connectivity index (χ1v) is 1.46. The van der Waals surface area contributed by atoms with Crippen LogP contribution in [0.2, 0.25) is 0 Å². The van der Waals surface area contributed by atoms with Crippen LogP contribution in [0.5, 0.6) is 0 Å². The third-order valence-electron chi connectivity index (χ3n) is 0.530. The molecule has 1 aliphatic carbocycles. The van der Waals surface area contributed by atoms with Crippen LogP contribution in [0.1, 0.15) is 13.3 Å². The molecule has 0 fully saturated rings. The van der Waals surface area contributed by atoms with Crippen LogP contribution in [0, 0.1) is 6.08 Å². The van der Waals surface area contributed by atoms with Crippen molar-refractivity contribution in [2.24, 2.45) is 0 Å². The van der Waals surface area contributed by atoms with Gasteiger partial charge >= 0.3 is 0 Å². The molecule has 0 heterocycles. The number of rotatable bonds is 0. The summed E-state index contributed by atoms with van der Waals surface area (Å²) in [6, 6.07) is 0. The Balaban J connectivity index is 2.54. The van der Waals surface area contributed by atoms with Crippen LogP contribution < -0.4 is 0 Å². The van der Waals surface area contributed by atoms with E-state index in [0.717, 1.165) is 6.42 Å². The molecule has 0 N–H and O–H groups in total. The van der Waals surface area contributed by atoms with Gasteiger partial charge in [-0.25, -0.2) is 0 Å². The van der Waals surface area contributed by atoms with E-state index in [9.17, 15) is 0 Å². The second-order valence-corrected chi connectivity index (χ2v) is 1.13. The molecule has 0 heteroatoms. The van der Waals surface area contributed by atoms with Crippen molar-refractivity contribution >= 4 is 0 Å². The summed E-state index contributed by atoms with van der Waals surface area (Å²) in [6.45, 7) is 2.08. The van der Waals surface area contributed by atoms with Gasteiger partial charge in [0.15, 0.2) is 0 Å². The normalized spacial score (nSPS) is 19.8. The highest BCUT2D eigenvalue weighted by molar-refractivity contribution is 5.10. The van der Waals surface area contributed by atoms with E-state index in [0.29, 0.717) is 0 Å². The highest BCUT2D eigenvalue weighted by Gasteiger charge is 1.95. The number of hydrogen-bond acceptors (Lipinski definition) is 0. The van der Waals surface area contributed by atoms with Gasteiger partial charge in [0.25, 0.3) is 0 Å². The lowest BCUT2D eigenvalue weighted by atomic mass is 10.6. The lowest BCUT2D eigenvalue weighted by molar-refractivity contribution is 1.48. The fourth-order valence-corrected chi connectivity index (χ4v) is 0.0884. The van der Waals surface area contributed by atoms with Crippen molar-refractivity contribution in [1.29, 1.82) is 0 Å². The van der Waals surface area contributed by atoms with E-state index in [-0.39, 0.29) is 0 Å². The Kier molecular flexibility index (Phi) is 0.185. The van der Waals surface area contributed by atoms with Gasteiger partial charge in [0.05, 0.1) is 0 Å². The molecule has 1 radical (unpaired) electrons. The molecule has 0 aliphatic heterocycles. The van der Waals surface area contributed by atoms with E-state index in [1.165, 1.54) is 5.57 Å². The van der Waals surface area contributed by atoms with E-state index < -0.39 is 0 Å². The van der Waals surface area contributed by atoms with Crippen LogP contribution >= 0.6 is 0 Å². The monoisotopic (exact) mass is 53.0 g/mol. The molecular formula is C4H5. The van der Waals surface area contributed by atoms with Crippen molar-refractivity contribution in [3.8, 4) is 0 Å². The molecule has 0 nitrogen and oxygen atoms in total. The second-order valence-electron chi connectivity index (χ2n) is 1.13. The molecular weight excluding hydrogens is 48.0 g/mol. The maximum absolute atomic E-state index is 3.01. The first-order chi connectivity index (χ1) is 1.89. The summed E-state index contributed by atoms with van der Waals surface area (Å²) in [5.41, 5.74) is 1.42. The summed E-state index contributed by atoms with van der Waals surface area (Å²) in [7, 11) is 0. The average molecular weight is 53.1 g/mol. The Bertz CT molecular complexity index is 51.1. The second kappa shape index (κ2) is 0.369. The van der Waals surface area contributed by atoms with Gasteiger partial charge in [0.2, 0.25) is 0 Å². The van der Waals surface area contributed by atoms with Crippen LogP contribution in [0.4, 0.5) is 0 Å². The van der Waals surface area contributed by atoms with E-state index >= 15 is 0 Å².